The van der Waals surface area contributed by atoms with Crippen LogP contribution in [0.2, 0.25) is 0 Å². The summed E-state index contributed by atoms with van der Waals surface area (Å²) in [7, 11) is 0. The van der Waals surface area contributed by atoms with Crippen LogP contribution < -0.4 is 5.32 Å². The molecule has 1 aromatic carbocycles. The van der Waals surface area contributed by atoms with Gasteiger partial charge in [0.1, 0.15) is 5.54 Å². The predicted molar refractivity (Wildman–Crippen MR) is 98.2 cm³/mol. The van der Waals surface area contributed by atoms with Crippen molar-refractivity contribution in [1.29, 1.82) is 0 Å². The smallest absolute Gasteiger partial charge is 0.329 e. The molecule has 1 aromatic heterocycles. The Kier molecular flexibility index (Phi) is 4.47. The Morgan fingerprint density at radius 1 is 1.22 bits per heavy atom. The number of carbonyl (C=O) groups excluding carboxylic acids is 1. The van der Waals surface area contributed by atoms with E-state index in [1.807, 2.05) is 35.9 Å². The Bertz CT molecular complexity index is 897. The summed E-state index contributed by atoms with van der Waals surface area (Å²) in [5, 5.41) is 17.1. The molecule has 2 aromatic rings. The summed E-state index contributed by atoms with van der Waals surface area (Å²) in [6, 6.07) is 7.92. The molecule has 0 saturated carbocycles. The van der Waals surface area contributed by atoms with Crippen molar-refractivity contribution in [1.82, 2.24) is 15.1 Å². The van der Waals surface area contributed by atoms with Gasteiger partial charge in [0, 0.05) is 37.3 Å². The number of fused-ring (bicyclic) bond motifs is 1. The van der Waals surface area contributed by atoms with Crippen LogP contribution in [0.3, 0.4) is 0 Å². The van der Waals surface area contributed by atoms with Crippen LogP contribution in [0.5, 0.6) is 0 Å². The van der Waals surface area contributed by atoms with Crippen LogP contribution in [0.1, 0.15) is 46.6 Å². The van der Waals surface area contributed by atoms with Gasteiger partial charge in [-0.05, 0) is 37.8 Å². The van der Waals surface area contributed by atoms with Crippen LogP contribution in [0.25, 0.3) is 5.69 Å². The van der Waals surface area contributed by atoms with E-state index in [2.05, 4.69) is 10.4 Å². The maximum atomic E-state index is 13.0. The van der Waals surface area contributed by atoms with Crippen molar-refractivity contribution in [2.24, 2.45) is 0 Å². The van der Waals surface area contributed by atoms with Gasteiger partial charge in [0.2, 0.25) is 0 Å². The molecule has 2 heterocycles. The summed E-state index contributed by atoms with van der Waals surface area (Å²) in [5.74, 6) is -1.43. The Morgan fingerprint density at radius 3 is 2.67 bits per heavy atom. The number of nitrogens with zero attached hydrogens (tertiary/aromatic N) is 2. The highest BCUT2D eigenvalue weighted by atomic mass is 16.5. The van der Waals surface area contributed by atoms with Crippen LogP contribution in [0.15, 0.2) is 24.3 Å². The number of amides is 1. The van der Waals surface area contributed by atoms with E-state index in [1.54, 1.807) is 0 Å². The number of ether oxygens (including phenoxy) is 1. The van der Waals surface area contributed by atoms with E-state index >= 15 is 0 Å². The summed E-state index contributed by atoms with van der Waals surface area (Å²) in [6.45, 7) is 2.66. The normalized spacial score (nSPS) is 18.1. The molecule has 1 aliphatic heterocycles. The van der Waals surface area contributed by atoms with E-state index in [0.717, 1.165) is 41.8 Å². The number of hydrogen-bond acceptors (Lipinski definition) is 4. The summed E-state index contributed by atoms with van der Waals surface area (Å²) in [4.78, 5) is 24.9. The van der Waals surface area contributed by atoms with Gasteiger partial charge in [-0.3, -0.25) is 4.79 Å². The van der Waals surface area contributed by atoms with Crippen molar-refractivity contribution < 1.29 is 19.4 Å². The zero-order valence-corrected chi connectivity index (χ0v) is 15.3. The molecule has 0 radical (unpaired) electrons. The summed E-state index contributed by atoms with van der Waals surface area (Å²) >= 11 is 0. The number of nitrogens with one attached hydrogen (secondary N) is 1. The van der Waals surface area contributed by atoms with Gasteiger partial charge in [-0.2, -0.15) is 5.10 Å². The minimum absolute atomic E-state index is 0.259. The minimum Gasteiger partial charge on any atom is -0.480 e. The number of para-hydroxylation sites is 1. The SMILES string of the molecule is Cc1ccccc1-n1nc(C(=O)NC2(C(=O)O)CCOCC2)c2c1CCC2. The first-order valence-corrected chi connectivity index (χ1v) is 9.32. The maximum absolute atomic E-state index is 13.0. The number of carboxylic acids is 1. The molecule has 7 heteroatoms. The van der Waals surface area contributed by atoms with Gasteiger partial charge in [0.15, 0.2) is 5.69 Å². The lowest BCUT2D eigenvalue weighted by molar-refractivity contribution is -0.148. The Hall–Kier alpha value is -2.67. The molecule has 0 spiro atoms. The Labute approximate surface area is 157 Å². The molecule has 142 valence electrons. The first-order chi connectivity index (χ1) is 13.0. The van der Waals surface area contributed by atoms with Gasteiger partial charge in [-0.25, -0.2) is 9.48 Å². The molecule has 1 fully saturated rings. The number of rotatable bonds is 4. The third kappa shape index (κ3) is 3.02. The predicted octanol–water partition coefficient (Wildman–Crippen LogP) is 2.03. The third-order valence-electron chi connectivity index (χ3n) is 5.60. The molecule has 2 aliphatic rings. The lowest BCUT2D eigenvalue weighted by Gasteiger charge is -2.33. The lowest BCUT2D eigenvalue weighted by atomic mass is 9.90. The molecule has 27 heavy (non-hydrogen) atoms. The fourth-order valence-corrected chi connectivity index (χ4v) is 4.01. The van der Waals surface area contributed by atoms with Crippen LogP contribution in [0.4, 0.5) is 0 Å². The standard InChI is InChI=1S/C20H23N3O4/c1-13-5-2-3-7-15(13)23-16-8-4-6-14(16)17(22-23)18(24)21-20(19(25)26)9-11-27-12-10-20/h2-3,5,7H,4,6,8-12H2,1H3,(H,21,24)(H,25,26). The van der Waals surface area contributed by atoms with Crippen LogP contribution in [-0.2, 0) is 22.4 Å². The molecule has 0 atom stereocenters. The van der Waals surface area contributed by atoms with Crippen molar-refractivity contribution in [2.45, 2.75) is 44.6 Å². The van der Waals surface area contributed by atoms with E-state index in [4.69, 9.17) is 4.74 Å². The quantitative estimate of drug-likeness (QED) is 0.860. The zero-order valence-electron chi connectivity index (χ0n) is 15.3. The average molecular weight is 369 g/mol. The van der Waals surface area contributed by atoms with E-state index in [0.29, 0.717) is 18.9 Å². The number of aliphatic carboxylic acids is 1. The maximum Gasteiger partial charge on any atom is 0.329 e. The number of benzene rings is 1. The summed E-state index contributed by atoms with van der Waals surface area (Å²) in [6.07, 6.45) is 3.13. The molecule has 1 saturated heterocycles. The van der Waals surface area contributed by atoms with Crippen molar-refractivity contribution >= 4 is 11.9 Å². The van der Waals surface area contributed by atoms with Crippen LogP contribution in [-0.4, -0.2) is 45.5 Å². The number of carboxylic acid groups (broad SMARTS) is 1. The second kappa shape index (κ2) is 6.81. The monoisotopic (exact) mass is 369 g/mol. The largest absolute Gasteiger partial charge is 0.480 e. The lowest BCUT2D eigenvalue weighted by Crippen LogP contribution is -2.57. The van der Waals surface area contributed by atoms with E-state index in [1.165, 1.54) is 0 Å². The zero-order chi connectivity index (χ0) is 19.0. The molecular weight excluding hydrogens is 346 g/mol. The first-order valence-electron chi connectivity index (χ1n) is 9.32. The number of aryl methyl sites for hydroxylation is 1. The van der Waals surface area contributed by atoms with E-state index < -0.39 is 17.4 Å². The third-order valence-corrected chi connectivity index (χ3v) is 5.60. The highest BCUT2D eigenvalue weighted by Crippen LogP contribution is 2.30. The number of hydrogen-bond donors (Lipinski definition) is 2. The number of carbonyl (C=O) groups is 2. The molecule has 1 amide bonds. The Balaban J connectivity index is 1.70. The van der Waals surface area contributed by atoms with Gasteiger partial charge in [-0.1, -0.05) is 18.2 Å². The van der Waals surface area contributed by atoms with Crippen LogP contribution >= 0.6 is 0 Å². The fourth-order valence-electron chi connectivity index (χ4n) is 4.01. The molecule has 0 bridgehead atoms. The van der Waals surface area contributed by atoms with Gasteiger partial charge in [-0.15, -0.1) is 0 Å². The minimum atomic E-state index is -1.28. The van der Waals surface area contributed by atoms with E-state index in [-0.39, 0.29) is 12.8 Å². The molecule has 1 aliphatic carbocycles. The summed E-state index contributed by atoms with van der Waals surface area (Å²) < 4.78 is 7.13. The van der Waals surface area contributed by atoms with Crippen molar-refractivity contribution in [3.63, 3.8) is 0 Å². The Morgan fingerprint density at radius 2 is 1.96 bits per heavy atom. The second-order valence-electron chi connectivity index (χ2n) is 7.28. The molecular formula is C20H23N3O4. The second-order valence-corrected chi connectivity index (χ2v) is 7.28. The highest BCUT2D eigenvalue weighted by molar-refractivity contribution is 5.98. The molecule has 0 unspecified atom stereocenters. The van der Waals surface area contributed by atoms with Crippen molar-refractivity contribution in [3.8, 4) is 5.69 Å². The molecule has 4 rings (SSSR count). The van der Waals surface area contributed by atoms with Gasteiger partial charge in [0.25, 0.3) is 5.91 Å². The van der Waals surface area contributed by atoms with Gasteiger partial charge in [0.05, 0.1) is 5.69 Å². The van der Waals surface area contributed by atoms with Gasteiger partial charge >= 0.3 is 5.97 Å². The topological polar surface area (TPSA) is 93.5 Å². The van der Waals surface area contributed by atoms with Gasteiger partial charge < -0.3 is 15.2 Å². The van der Waals surface area contributed by atoms with E-state index in [9.17, 15) is 14.7 Å². The molecule has 2 N–H and O–H groups in total. The van der Waals surface area contributed by atoms with Crippen molar-refractivity contribution in [2.75, 3.05) is 13.2 Å². The van der Waals surface area contributed by atoms with Crippen molar-refractivity contribution in [3.05, 3.63) is 46.8 Å². The average Bonchev–Trinajstić information content (AvgIpc) is 3.25. The number of aromatic nitrogens is 2. The molecule has 7 nitrogen and oxygen atoms in total. The summed E-state index contributed by atoms with van der Waals surface area (Å²) in [5.41, 5.74) is 3.07. The first kappa shape index (κ1) is 17.7. The fraction of sp³-hybridized carbons (Fsp3) is 0.450. The highest BCUT2D eigenvalue weighted by Gasteiger charge is 2.43. The van der Waals surface area contributed by atoms with Crippen LogP contribution in [0, 0.1) is 6.92 Å².